The molecule has 0 unspecified atom stereocenters. The number of urea groups is 1. The zero-order valence-electron chi connectivity index (χ0n) is 9.77. The van der Waals surface area contributed by atoms with Crippen molar-refractivity contribution in [3.05, 3.63) is 17.8 Å². The molecule has 7 nitrogen and oxygen atoms in total. The second-order valence-corrected chi connectivity index (χ2v) is 3.43. The van der Waals surface area contributed by atoms with E-state index in [2.05, 4.69) is 10.3 Å². The topological polar surface area (TPSA) is 95.7 Å². The number of hydrogen-bond acceptors (Lipinski definition) is 4. The van der Waals surface area contributed by atoms with Gasteiger partial charge in [-0.05, 0) is 13.8 Å². The number of aryl methyl sites for hydroxylation is 1. The summed E-state index contributed by atoms with van der Waals surface area (Å²) in [7, 11) is 0. The maximum atomic E-state index is 11.6. The molecule has 0 spiro atoms. The molecule has 0 saturated heterocycles. The van der Waals surface area contributed by atoms with Crippen molar-refractivity contribution in [3.63, 3.8) is 0 Å². The second-order valence-electron chi connectivity index (χ2n) is 3.43. The predicted octanol–water partition coefficient (Wildman–Crippen LogP) is 0.599. The minimum atomic E-state index is -1.05. The Hall–Kier alpha value is -2.05. The number of amides is 2. The van der Waals surface area contributed by atoms with Crippen molar-refractivity contribution in [2.75, 3.05) is 13.1 Å². The molecule has 94 valence electrons. The van der Waals surface area contributed by atoms with Crippen molar-refractivity contribution in [1.82, 2.24) is 15.2 Å². The summed E-state index contributed by atoms with van der Waals surface area (Å²) in [6, 6.07) is -0.453. The van der Waals surface area contributed by atoms with Crippen LogP contribution < -0.4 is 5.32 Å². The monoisotopic (exact) mass is 241 g/mol. The summed E-state index contributed by atoms with van der Waals surface area (Å²) in [5, 5.41) is 11.1. The summed E-state index contributed by atoms with van der Waals surface area (Å²) in [5.74, 6) is 0.00308. The van der Waals surface area contributed by atoms with E-state index in [0.717, 1.165) is 0 Å². The maximum absolute atomic E-state index is 11.6. The van der Waals surface area contributed by atoms with Gasteiger partial charge in [-0.25, -0.2) is 9.78 Å². The Kier molecular flexibility index (Phi) is 4.50. The molecule has 0 bridgehead atoms. The molecule has 0 aliphatic rings. The number of oxazole rings is 1. The summed E-state index contributed by atoms with van der Waals surface area (Å²) in [6.07, 6.45) is 1.55. The van der Waals surface area contributed by atoms with E-state index < -0.39 is 12.0 Å². The molecule has 17 heavy (non-hydrogen) atoms. The van der Waals surface area contributed by atoms with Crippen molar-refractivity contribution < 1.29 is 19.1 Å². The minimum absolute atomic E-state index is 0.142. The summed E-state index contributed by atoms with van der Waals surface area (Å²) in [6.45, 7) is 3.59. The Morgan fingerprint density at radius 1 is 1.59 bits per heavy atom. The first-order chi connectivity index (χ1) is 8.02. The van der Waals surface area contributed by atoms with Gasteiger partial charge in [-0.15, -0.1) is 0 Å². The first-order valence-electron chi connectivity index (χ1n) is 5.18. The third-order valence-corrected chi connectivity index (χ3v) is 2.06. The third kappa shape index (κ3) is 4.13. The van der Waals surface area contributed by atoms with Crippen LogP contribution in [0.3, 0.4) is 0 Å². The van der Waals surface area contributed by atoms with Gasteiger partial charge < -0.3 is 19.7 Å². The largest absolute Gasteiger partial charge is 0.480 e. The number of nitrogens with one attached hydrogen (secondary N) is 1. The number of hydrogen-bond donors (Lipinski definition) is 2. The average Bonchev–Trinajstić information content (AvgIpc) is 2.68. The van der Waals surface area contributed by atoms with Crippen LogP contribution in [-0.2, 0) is 11.3 Å². The van der Waals surface area contributed by atoms with Gasteiger partial charge in [0.2, 0.25) is 5.89 Å². The summed E-state index contributed by atoms with van der Waals surface area (Å²) in [5.41, 5.74) is 0. The SMILES string of the molecule is CCN(CC(=O)O)C(=O)NCc1ncc(C)o1. The van der Waals surface area contributed by atoms with Crippen LogP contribution in [-0.4, -0.2) is 40.1 Å². The van der Waals surface area contributed by atoms with Gasteiger partial charge in [0.25, 0.3) is 0 Å². The number of rotatable bonds is 5. The number of aromatic nitrogens is 1. The van der Waals surface area contributed by atoms with Crippen molar-refractivity contribution >= 4 is 12.0 Å². The molecule has 2 amide bonds. The van der Waals surface area contributed by atoms with E-state index in [1.54, 1.807) is 20.0 Å². The zero-order valence-corrected chi connectivity index (χ0v) is 9.77. The minimum Gasteiger partial charge on any atom is -0.480 e. The van der Waals surface area contributed by atoms with Gasteiger partial charge in [0.05, 0.1) is 12.7 Å². The first kappa shape index (κ1) is 13.0. The van der Waals surface area contributed by atoms with Crippen LogP contribution >= 0.6 is 0 Å². The van der Waals surface area contributed by atoms with Crippen molar-refractivity contribution in [2.45, 2.75) is 20.4 Å². The fourth-order valence-corrected chi connectivity index (χ4v) is 1.24. The third-order valence-electron chi connectivity index (χ3n) is 2.06. The Labute approximate surface area is 98.4 Å². The fourth-order valence-electron chi connectivity index (χ4n) is 1.24. The number of nitrogens with zero attached hydrogens (tertiary/aromatic N) is 2. The molecule has 1 aromatic heterocycles. The summed E-state index contributed by atoms with van der Waals surface area (Å²) >= 11 is 0. The molecule has 7 heteroatoms. The Balaban J connectivity index is 2.44. The first-order valence-corrected chi connectivity index (χ1v) is 5.18. The highest BCUT2D eigenvalue weighted by Crippen LogP contribution is 2.01. The van der Waals surface area contributed by atoms with E-state index in [4.69, 9.17) is 9.52 Å². The molecule has 0 aromatic carbocycles. The van der Waals surface area contributed by atoms with E-state index in [0.29, 0.717) is 18.2 Å². The van der Waals surface area contributed by atoms with Gasteiger partial charge in [-0.1, -0.05) is 0 Å². The lowest BCUT2D eigenvalue weighted by Gasteiger charge is -2.18. The molecule has 2 N–H and O–H groups in total. The van der Waals surface area contributed by atoms with Crippen LogP contribution in [0.1, 0.15) is 18.6 Å². The quantitative estimate of drug-likeness (QED) is 0.787. The van der Waals surface area contributed by atoms with Gasteiger partial charge in [0.15, 0.2) is 0 Å². The number of aliphatic carboxylic acids is 1. The predicted molar refractivity (Wildman–Crippen MR) is 58.4 cm³/mol. The molecular formula is C10H15N3O4. The highest BCUT2D eigenvalue weighted by atomic mass is 16.4. The van der Waals surface area contributed by atoms with E-state index in [9.17, 15) is 9.59 Å². The number of carboxylic acid groups (broad SMARTS) is 1. The Morgan fingerprint density at radius 2 is 2.29 bits per heavy atom. The van der Waals surface area contributed by atoms with Crippen LogP contribution in [0.2, 0.25) is 0 Å². The summed E-state index contributed by atoms with van der Waals surface area (Å²) < 4.78 is 5.17. The number of likely N-dealkylation sites (N-methyl/N-ethyl adjacent to an activating group) is 1. The van der Waals surface area contributed by atoms with Crippen molar-refractivity contribution in [1.29, 1.82) is 0 Å². The molecular weight excluding hydrogens is 226 g/mol. The molecule has 1 heterocycles. The highest BCUT2D eigenvalue weighted by molar-refractivity contribution is 5.79. The maximum Gasteiger partial charge on any atom is 0.323 e. The van der Waals surface area contributed by atoms with Crippen molar-refractivity contribution in [2.24, 2.45) is 0 Å². The average molecular weight is 241 g/mol. The van der Waals surface area contributed by atoms with Crippen LogP contribution in [0.15, 0.2) is 10.6 Å². The molecule has 0 aliphatic heterocycles. The molecule has 0 aliphatic carbocycles. The van der Waals surface area contributed by atoms with Gasteiger partial charge in [-0.3, -0.25) is 4.79 Å². The van der Waals surface area contributed by atoms with Crippen LogP contribution in [0.25, 0.3) is 0 Å². The number of carbonyl (C=O) groups is 2. The smallest absolute Gasteiger partial charge is 0.323 e. The van der Waals surface area contributed by atoms with Gasteiger partial charge in [0, 0.05) is 6.54 Å². The normalized spacial score (nSPS) is 10.0. The lowest BCUT2D eigenvalue weighted by molar-refractivity contribution is -0.137. The Morgan fingerprint density at radius 3 is 2.76 bits per heavy atom. The lowest BCUT2D eigenvalue weighted by atomic mass is 10.5. The van der Waals surface area contributed by atoms with E-state index in [1.807, 2.05) is 0 Å². The van der Waals surface area contributed by atoms with Crippen LogP contribution in [0.5, 0.6) is 0 Å². The molecule has 0 fully saturated rings. The number of carbonyl (C=O) groups excluding carboxylic acids is 1. The van der Waals surface area contributed by atoms with Crippen LogP contribution in [0, 0.1) is 6.92 Å². The molecule has 0 atom stereocenters. The zero-order chi connectivity index (χ0) is 12.8. The van der Waals surface area contributed by atoms with E-state index >= 15 is 0 Å². The summed E-state index contributed by atoms with van der Waals surface area (Å²) in [4.78, 5) is 27.2. The Bertz CT molecular complexity index is 402. The number of carboxylic acids is 1. The van der Waals surface area contributed by atoms with Crippen LogP contribution in [0.4, 0.5) is 4.79 Å². The van der Waals surface area contributed by atoms with E-state index in [-0.39, 0.29) is 13.1 Å². The standard InChI is InChI=1S/C10H15N3O4/c1-3-13(6-9(14)15)10(16)12-5-8-11-4-7(2)17-8/h4H,3,5-6H2,1-2H3,(H,12,16)(H,14,15). The second kappa shape index (κ2) is 5.88. The van der Waals surface area contributed by atoms with Gasteiger partial charge in [0.1, 0.15) is 12.3 Å². The van der Waals surface area contributed by atoms with E-state index in [1.165, 1.54) is 4.90 Å². The molecule has 1 rings (SSSR count). The lowest BCUT2D eigenvalue weighted by Crippen LogP contribution is -2.42. The van der Waals surface area contributed by atoms with Crippen molar-refractivity contribution in [3.8, 4) is 0 Å². The molecule has 0 radical (unpaired) electrons. The molecule has 1 aromatic rings. The fraction of sp³-hybridized carbons (Fsp3) is 0.500. The highest BCUT2D eigenvalue weighted by Gasteiger charge is 2.14. The van der Waals surface area contributed by atoms with Gasteiger partial charge in [-0.2, -0.15) is 0 Å². The van der Waals surface area contributed by atoms with Gasteiger partial charge >= 0.3 is 12.0 Å². The molecule has 0 saturated carbocycles.